The first kappa shape index (κ1) is 17.7. The number of benzene rings is 1. The standard InChI is InChI=1S/C11H14ClNO3.C3H8/c1-13(2)11(15)9-4-3-8(7-10(9)12)16-6-5-14;1-3-2/h3-4,7,14H,5-6H2,1-2H3;3H2,1-2H3. The van der Waals surface area contributed by atoms with Gasteiger partial charge in [0.1, 0.15) is 12.4 Å². The Morgan fingerprint density at radius 2 is 1.95 bits per heavy atom. The van der Waals surface area contributed by atoms with Crippen LogP contribution in [-0.4, -0.2) is 43.2 Å². The van der Waals surface area contributed by atoms with Gasteiger partial charge in [-0.15, -0.1) is 0 Å². The van der Waals surface area contributed by atoms with Crippen LogP contribution in [0.3, 0.4) is 0 Å². The van der Waals surface area contributed by atoms with E-state index in [4.69, 9.17) is 21.4 Å². The van der Waals surface area contributed by atoms with Crippen LogP contribution in [-0.2, 0) is 0 Å². The highest BCUT2D eigenvalue weighted by Crippen LogP contribution is 2.23. The average molecular weight is 288 g/mol. The van der Waals surface area contributed by atoms with Gasteiger partial charge in [-0.05, 0) is 18.2 Å². The zero-order chi connectivity index (χ0) is 14.8. The summed E-state index contributed by atoms with van der Waals surface area (Å²) in [6, 6.07) is 4.82. The van der Waals surface area contributed by atoms with Gasteiger partial charge in [-0.3, -0.25) is 4.79 Å². The van der Waals surface area contributed by atoms with Crippen LogP contribution in [0, 0.1) is 0 Å². The summed E-state index contributed by atoms with van der Waals surface area (Å²) in [6.45, 7) is 4.40. The Balaban J connectivity index is 0.000000982. The van der Waals surface area contributed by atoms with Crippen molar-refractivity contribution in [2.45, 2.75) is 20.3 Å². The van der Waals surface area contributed by atoms with E-state index in [0.29, 0.717) is 16.3 Å². The van der Waals surface area contributed by atoms with E-state index in [-0.39, 0.29) is 19.1 Å². The third kappa shape index (κ3) is 6.45. The molecular weight excluding hydrogens is 266 g/mol. The maximum absolute atomic E-state index is 11.7. The highest BCUT2D eigenvalue weighted by atomic mass is 35.5. The lowest BCUT2D eigenvalue weighted by atomic mass is 10.2. The van der Waals surface area contributed by atoms with E-state index in [9.17, 15) is 4.79 Å². The Morgan fingerprint density at radius 3 is 2.37 bits per heavy atom. The molecule has 0 fully saturated rings. The smallest absolute Gasteiger partial charge is 0.254 e. The van der Waals surface area contributed by atoms with Crippen molar-refractivity contribution < 1.29 is 14.6 Å². The highest BCUT2D eigenvalue weighted by molar-refractivity contribution is 6.34. The Morgan fingerprint density at radius 1 is 1.37 bits per heavy atom. The first-order valence-corrected chi connectivity index (χ1v) is 6.60. The summed E-state index contributed by atoms with van der Waals surface area (Å²) in [5.74, 6) is 0.382. The Bertz CT molecular complexity index is 394. The summed E-state index contributed by atoms with van der Waals surface area (Å²) in [6.07, 6.45) is 1.25. The summed E-state index contributed by atoms with van der Waals surface area (Å²) < 4.78 is 5.17. The molecule has 19 heavy (non-hydrogen) atoms. The van der Waals surface area contributed by atoms with E-state index in [2.05, 4.69) is 13.8 Å². The van der Waals surface area contributed by atoms with Crippen molar-refractivity contribution in [1.82, 2.24) is 4.90 Å². The van der Waals surface area contributed by atoms with Crippen molar-refractivity contribution >= 4 is 17.5 Å². The molecular formula is C14H22ClNO3. The molecule has 0 radical (unpaired) electrons. The lowest BCUT2D eigenvalue weighted by Crippen LogP contribution is -2.21. The molecule has 1 N–H and O–H groups in total. The number of amides is 1. The van der Waals surface area contributed by atoms with Crippen LogP contribution in [0.2, 0.25) is 5.02 Å². The summed E-state index contributed by atoms with van der Waals surface area (Å²) in [7, 11) is 3.32. The minimum Gasteiger partial charge on any atom is -0.491 e. The number of aliphatic hydroxyl groups is 1. The second-order valence-electron chi connectivity index (χ2n) is 4.12. The van der Waals surface area contributed by atoms with Crippen LogP contribution in [0.25, 0.3) is 0 Å². The lowest BCUT2D eigenvalue weighted by molar-refractivity contribution is 0.0827. The van der Waals surface area contributed by atoms with E-state index in [1.807, 2.05) is 0 Å². The van der Waals surface area contributed by atoms with Crippen molar-refractivity contribution in [3.05, 3.63) is 28.8 Å². The van der Waals surface area contributed by atoms with Crippen LogP contribution < -0.4 is 4.74 Å². The first-order valence-electron chi connectivity index (χ1n) is 6.22. The maximum atomic E-state index is 11.7. The Labute approximate surface area is 119 Å². The number of carbonyl (C=O) groups is 1. The molecule has 1 rings (SSSR count). The van der Waals surface area contributed by atoms with Gasteiger partial charge in [-0.1, -0.05) is 31.9 Å². The van der Waals surface area contributed by atoms with E-state index in [1.54, 1.807) is 32.3 Å². The lowest BCUT2D eigenvalue weighted by Gasteiger charge is -2.12. The molecule has 1 aromatic carbocycles. The molecule has 5 heteroatoms. The van der Waals surface area contributed by atoms with Gasteiger partial charge in [-0.25, -0.2) is 0 Å². The molecule has 0 aliphatic carbocycles. The van der Waals surface area contributed by atoms with Gasteiger partial charge in [-0.2, -0.15) is 0 Å². The molecule has 0 spiro atoms. The predicted molar refractivity (Wildman–Crippen MR) is 78.0 cm³/mol. The summed E-state index contributed by atoms with van der Waals surface area (Å²) in [4.78, 5) is 13.1. The average Bonchev–Trinajstić information content (AvgIpc) is 2.36. The van der Waals surface area contributed by atoms with Crippen LogP contribution >= 0.6 is 11.6 Å². The van der Waals surface area contributed by atoms with Crippen molar-refractivity contribution in [2.75, 3.05) is 27.3 Å². The van der Waals surface area contributed by atoms with Crippen molar-refractivity contribution in [3.63, 3.8) is 0 Å². The van der Waals surface area contributed by atoms with Crippen LogP contribution in [0.15, 0.2) is 18.2 Å². The number of hydrogen-bond donors (Lipinski definition) is 1. The fourth-order valence-corrected chi connectivity index (χ4v) is 1.41. The second kappa shape index (κ2) is 9.64. The highest BCUT2D eigenvalue weighted by Gasteiger charge is 2.12. The third-order valence-electron chi connectivity index (χ3n) is 1.94. The number of carbonyl (C=O) groups excluding carboxylic acids is 1. The van der Waals surface area contributed by atoms with Gasteiger partial charge in [0.25, 0.3) is 5.91 Å². The summed E-state index contributed by atoms with van der Waals surface area (Å²) in [5, 5.41) is 8.94. The molecule has 1 aromatic rings. The van der Waals surface area contributed by atoms with E-state index in [0.717, 1.165) is 0 Å². The number of rotatable bonds is 4. The fraction of sp³-hybridized carbons (Fsp3) is 0.500. The number of ether oxygens (including phenoxy) is 1. The molecule has 0 aliphatic heterocycles. The fourth-order valence-electron chi connectivity index (χ4n) is 1.16. The third-order valence-corrected chi connectivity index (χ3v) is 2.25. The van der Waals surface area contributed by atoms with Gasteiger partial charge in [0.15, 0.2) is 0 Å². The maximum Gasteiger partial charge on any atom is 0.254 e. The minimum atomic E-state index is -0.154. The largest absolute Gasteiger partial charge is 0.491 e. The van der Waals surface area contributed by atoms with Gasteiger partial charge in [0.05, 0.1) is 17.2 Å². The summed E-state index contributed by atoms with van der Waals surface area (Å²) >= 11 is 5.96. The van der Waals surface area contributed by atoms with E-state index < -0.39 is 0 Å². The summed E-state index contributed by atoms with van der Waals surface area (Å²) in [5.41, 5.74) is 0.433. The van der Waals surface area contributed by atoms with E-state index in [1.165, 1.54) is 11.3 Å². The monoisotopic (exact) mass is 287 g/mol. The van der Waals surface area contributed by atoms with Crippen molar-refractivity contribution in [3.8, 4) is 5.75 Å². The number of halogens is 1. The Kier molecular flexibility index (Phi) is 9.00. The zero-order valence-electron chi connectivity index (χ0n) is 11.9. The first-order chi connectivity index (χ1) is 8.97. The SMILES string of the molecule is CCC.CN(C)C(=O)c1ccc(OCCO)cc1Cl. The molecule has 108 valence electrons. The predicted octanol–water partition coefficient (Wildman–Crippen LogP) is 2.83. The van der Waals surface area contributed by atoms with E-state index >= 15 is 0 Å². The van der Waals surface area contributed by atoms with Crippen LogP contribution in [0.4, 0.5) is 0 Å². The number of nitrogens with zero attached hydrogens (tertiary/aromatic N) is 1. The molecule has 4 nitrogen and oxygen atoms in total. The molecule has 0 aromatic heterocycles. The molecule has 0 heterocycles. The second-order valence-corrected chi connectivity index (χ2v) is 4.53. The molecule has 1 amide bonds. The van der Waals surface area contributed by atoms with Gasteiger partial charge in [0.2, 0.25) is 0 Å². The van der Waals surface area contributed by atoms with Crippen LogP contribution in [0.1, 0.15) is 30.6 Å². The molecule has 0 aliphatic rings. The number of hydrogen-bond acceptors (Lipinski definition) is 3. The van der Waals surface area contributed by atoms with Crippen molar-refractivity contribution in [1.29, 1.82) is 0 Å². The molecule has 0 bridgehead atoms. The van der Waals surface area contributed by atoms with Gasteiger partial charge >= 0.3 is 0 Å². The number of aliphatic hydroxyl groups excluding tert-OH is 1. The van der Waals surface area contributed by atoms with Gasteiger partial charge in [0, 0.05) is 14.1 Å². The molecule has 0 saturated heterocycles. The quantitative estimate of drug-likeness (QED) is 0.926. The normalized spacial score (nSPS) is 9.37. The van der Waals surface area contributed by atoms with Crippen molar-refractivity contribution in [2.24, 2.45) is 0 Å². The minimum absolute atomic E-state index is 0.0595. The van der Waals surface area contributed by atoms with Crippen LogP contribution in [0.5, 0.6) is 5.75 Å². The topological polar surface area (TPSA) is 49.8 Å². The molecule has 0 saturated carbocycles. The van der Waals surface area contributed by atoms with Gasteiger partial charge < -0.3 is 14.7 Å². The molecule has 0 atom stereocenters. The Hall–Kier alpha value is -1.26. The zero-order valence-corrected chi connectivity index (χ0v) is 12.7. The molecule has 0 unspecified atom stereocenters.